The Morgan fingerprint density at radius 3 is 2.28 bits per heavy atom. The summed E-state index contributed by atoms with van der Waals surface area (Å²) >= 11 is 0. The molecule has 4 rings (SSSR count). The zero-order valence-corrected chi connectivity index (χ0v) is 14.5. The summed E-state index contributed by atoms with van der Waals surface area (Å²) in [7, 11) is 0. The summed E-state index contributed by atoms with van der Waals surface area (Å²) in [6, 6.07) is 19.9. The van der Waals surface area contributed by atoms with Crippen LogP contribution in [-0.2, 0) is 9.53 Å². The molecule has 3 heteroatoms. The molecule has 2 atom stereocenters. The number of cyclic esters (lactones) is 1. The average Bonchev–Trinajstić information content (AvgIpc) is 2.97. The van der Waals surface area contributed by atoms with Gasteiger partial charge in [0, 0.05) is 17.9 Å². The van der Waals surface area contributed by atoms with Gasteiger partial charge in [0.25, 0.3) is 0 Å². The van der Waals surface area contributed by atoms with E-state index in [-0.39, 0.29) is 11.9 Å². The second kappa shape index (κ2) is 5.99. The lowest BCUT2D eigenvalue weighted by Crippen LogP contribution is -2.43. The number of esters is 1. The zero-order chi connectivity index (χ0) is 17.4. The van der Waals surface area contributed by atoms with E-state index < -0.39 is 5.54 Å². The first-order chi connectivity index (χ1) is 12.1. The van der Waals surface area contributed by atoms with Crippen molar-refractivity contribution in [1.82, 2.24) is 0 Å². The van der Waals surface area contributed by atoms with Crippen LogP contribution >= 0.6 is 0 Å². The van der Waals surface area contributed by atoms with Gasteiger partial charge in [-0.2, -0.15) is 0 Å². The van der Waals surface area contributed by atoms with Crippen molar-refractivity contribution in [2.45, 2.75) is 38.1 Å². The summed E-state index contributed by atoms with van der Waals surface area (Å²) in [5.41, 5.74) is 3.72. The van der Waals surface area contributed by atoms with Crippen LogP contribution in [0.1, 0.15) is 43.7 Å². The molecule has 1 heterocycles. The van der Waals surface area contributed by atoms with Gasteiger partial charge in [-0.25, -0.2) is 9.79 Å². The second-order valence-electron chi connectivity index (χ2n) is 7.00. The molecule has 2 aromatic rings. The average molecular weight is 331 g/mol. The third kappa shape index (κ3) is 2.60. The number of allylic oxidation sites excluding steroid dienone is 1. The van der Waals surface area contributed by atoms with E-state index in [9.17, 15) is 4.79 Å². The fraction of sp³-hybridized carbons (Fsp3) is 0.273. The molecule has 2 aromatic carbocycles. The van der Waals surface area contributed by atoms with E-state index in [0.717, 1.165) is 17.5 Å². The molecule has 0 unspecified atom stereocenters. The van der Waals surface area contributed by atoms with Crippen molar-refractivity contribution >= 4 is 11.9 Å². The van der Waals surface area contributed by atoms with Crippen LogP contribution in [0.5, 0.6) is 0 Å². The highest BCUT2D eigenvalue weighted by atomic mass is 16.6. The van der Waals surface area contributed by atoms with Crippen molar-refractivity contribution in [3.8, 4) is 0 Å². The van der Waals surface area contributed by atoms with Gasteiger partial charge >= 0.3 is 5.97 Å². The second-order valence-corrected chi connectivity index (χ2v) is 7.00. The SMILES string of the molecule is CC1=C(C)C[C@@]2(N=C(c3ccccc3)OC2=O)[C@@H](c2ccccc2)C1. The summed E-state index contributed by atoms with van der Waals surface area (Å²) in [4.78, 5) is 17.9. The van der Waals surface area contributed by atoms with Gasteiger partial charge in [-0.3, -0.25) is 0 Å². The number of nitrogens with zero attached hydrogens (tertiary/aromatic N) is 1. The predicted molar refractivity (Wildman–Crippen MR) is 98.6 cm³/mol. The van der Waals surface area contributed by atoms with Crippen molar-refractivity contribution in [2.75, 3.05) is 0 Å². The van der Waals surface area contributed by atoms with Gasteiger partial charge in [0.1, 0.15) is 0 Å². The Morgan fingerprint density at radius 1 is 0.960 bits per heavy atom. The lowest BCUT2D eigenvalue weighted by Gasteiger charge is -2.37. The Morgan fingerprint density at radius 2 is 1.60 bits per heavy atom. The molecule has 0 radical (unpaired) electrons. The fourth-order valence-corrected chi connectivity index (χ4v) is 3.87. The molecule has 0 saturated carbocycles. The summed E-state index contributed by atoms with van der Waals surface area (Å²) < 4.78 is 5.66. The monoisotopic (exact) mass is 331 g/mol. The van der Waals surface area contributed by atoms with Crippen LogP contribution in [0, 0.1) is 0 Å². The third-order valence-electron chi connectivity index (χ3n) is 5.42. The molecule has 1 aliphatic carbocycles. The van der Waals surface area contributed by atoms with Gasteiger partial charge in [-0.1, -0.05) is 59.7 Å². The highest BCUT2D eigenvalue weighted by Crippen LogP contribution is 2.48. The van der Waals surface area contributed by atoms with E-state index in [1.54, 1.807) is 0 Å². The maximum Gasteiger partial charge on any atom is 0.341 e. The largest absolute Gasteiger partial charge is 0.405 e. The van der Waals surface area contributed by atoms with Gasteiger partial charge < -0.3 is 4.74 Å². The number of rotatable bonds is 2. The van der Waals surface area contributed by atoms with Gasteiger partial charge in [0.2, 0.25) is 5.90 Å². The first kappa shape index (κ1) is 15.8. The number of carbonyl (C=O) groups is 1. The molecule has 126 valence electrons. The van der Waals surface area contributed by atoms with Crippen molar-refractivity contribution in [2.24, 2.45) is 4.99 Å². The molecule has 0 amide bonds. The lowest BCUT2D eigenvalue weighted by atomic mass is 9.68. The van der Waals surface area contributed by atoms with E-state index >= 15 is 0 Å². The van der Waals surface area contributed by atoms with Crippen molar-refractivity contribution in [3.63, 3.8) is 0 Å². The van der Waals surface area contributed by atoms with Gasteiger partial charge in [0.05, 0.1) is 0 Å². The Balaban J connectivity index is 1.84. The van der Waals surface area contributed by atoms with Crippen molar-refractivity contribution in [1.29, 1.82) is 0 Å². The van der Waals surface area contributed by atoms with Gasteiger partial charge in [-0.05, 0) is 38.0 Å². The van der Waals surface area contributed by atoms with Crippen molar-refractivity contribution < 1.29 is 9.53 Å². The number of carbonyl (C=O) groups excluding carboxylic acids is 1. The standard InChI is InChI=1S/C22H21NO2/c1-15-13-19(17-9-5-3-6-10-17)22(14-16(15)2)21(24)25-20(23-22)18-11-7-4-8-12-18/h3-12,19H,13-14H2,1-2H3/t19-,22-/m1/s1. The van der Waals surface area contributed by atoms with Crippen molar-refractivity contribution in [3.05, 3.63) is 82.9 Å². The Labute approximate surface area is 148 Å². The predicted octanol–water partition coefficient (Wildman–Crippen LogP) is 4.64. The van der Waals surface area contributed by atoms with E-state index in [1.165, 1.54) is 11.1 Å². The molecule has 3 nitrogen and oxygen atoms in total. The van der Waals surface area contributed by atoms with E-state index in [1.807, 2.05) is 48.5 Å². The minimum Gasteiger partial charge on any atom is -0.405 e. The van der Waals surface area contributed by atoms with Crippen LogP contribution in [0.2, 0.25) is 0 Å². The maximum atomic E-state index is 13.0. The number of benzene rings is 2. The lowest BCUT2D eigenvalue weighted by molar-refractivity contribution is -0.140. The first-order valence-electron chi connectivity index (χ1n) is 8.68. The zero-order valence-electron chi connectivity index (χ0n) is 14.5. The Bertz CT molecular complexity index is 867. The molecule has 1 spiro atoms. The topological polar surface area (TPSA) is 38.7 Å². The van der Waals surface area contributed by atoms with Crippen LogP contribution in [0.15, 0.2) is 76.8 Å². The minimum atomic E-state index is -0.851. The normalized spacial score (nSPS) is 25.9. The summed E-state index contributed by atoms with van der Waals surface area (Å²) in [6.07, 6.45) is 1.45. The summed E-state index contributed by atoms with van der Waals surface area (Å²) in [5.74, 6) is 0.219. The number of hydrogen-bond acceptors (Lipinski definition) is 3. The highest BCUT2D eigenvalue weighted by molar-refractivity contribution is 6.08. The van der Waals surface area contributed by atoms with E-state index in [0.29, 0.717) is 12.3 Å². The summed E-state index contributed by atoms with van der Waals surface area (Å²) in [6.45, 7) is 4.25. The minimum absolute atomic E-state index is 0.00566. The smallest absolute Gasteiger partial charge is 0.341 e. The molecule has 0 saturated heterocycles. The molecule has 2 aliphatic rings. The number of ether oxygens (including phenoxy) is 1. The molecule has 25 heavy (non-hydrogen) atoms. The van der Waals surface area contributed by atoms with Crippen LogP contribution < -0.4 is 0 Å². The van der Waals surface area contributed by atoms with Gasteiger partial charge in [0.15, 0.2) is 5.54 Å². The molecule has 0 bridgehead atoms. The Kier molecular flexibility index (Phi) is 3.79. The number of aliphatic imine (C=N–C) groups is 1. The molecule has 1 aliphatic heterocycles. The van der Waals surface area contributed by atoms with E-state index in [2.05, 4.69) is 26.0 Å². The van der Waals surface area contributed by atoms with Crippen LogP contribution in [0.4, 0.5) is 0 Å². The molecular formula is C22H21NO2. The van der Waals surface area contributed by atoms with Crippen LogP contribution in [-0.4, -0.2) is 17.4 Å². The first-order valence-corrected chi connectivity index (χ1v) is 8.68. The van der Waals surface area contributed by atoms with Gasteiger partial charge in [-0.15, -0.1) is 0 Å². The van der Waals surface area contributed by atoms with Crippen LogP contribution in [0.3, 0.4) is 0 Å². The third-order valence-corrected chi connectivity index (χ3v) is 5.42. The Hall–Kier alpha value is -2.68. The van der Waals surface area contributed by atoms with E-state index in [4.69, 9.17) is 9.73 Å². The molecular weight excluding hydrogens is 310 g/mol. The fourth-order valence-electron chi connectivity index (χ4n) is 3.87. The maximum absolute atomic E-state index is 13.0. The molecule has 0 aromatic heterocycles. The highest BCUT2D eigenvalue weighted by Gasteiger charge is 2.54. The van der Waals surface area contributed by atoms with Crippen LogP contribution in [0.25, 0.3) is 0 Å². The molecule has 0 fully saturated rings. The molecule has 0 N–H and O–H groups in total. The number of hydrogen-bond donors (Lipinski definition) is 0. The summed E-state index contributed by atoms with van der Waals surface area (Å²) in [5, 5.41) is 0. The quantitative estimate of drug-likeness (QED) is 0.594.